The van der Waals surface area contributed by atoms with Gasteiger partial charge >= 0.3 is 0 Å². The standard InChI is InChI=1S/C10H11BrN4/c11-9-5-14-15(7-9)6-8-1-2-13-10(3-8)4-12/h1-3,5,7H,4,6,12H2. The normalized spacial score (nSPS) is 10.5. The highest BCUT2D eigenvalue weighted by atomic mass is 79.9. The summed E-state index contributed by atoms with van der Waals surface area (Å²) in [5.74, 6) is 0. The zero-order valence-corrected chi connectivity index (χ0v) is 9.68. The lowest BCUT2D eigenvalue weighted by atomic mass is 10.2. The molecule has 0 spiro atoms. The van der Waals surface area contributed by atoms with Crippen LogP contribution in [0.4, 0.5) is 0 Å². The highest BCUT2D eigenvalue weighted by Crippen LogP contribution is 2.09. The molecule has 0 amide bonds. The van der Waals surface area contributed by atoms with E-state index in [1.807, 2.05) is 23.0 Å². The fourth-order valence-electron chi connectivity index (χ4n) is 1.35. The van der Waals surface area contributed by atoms with E-state index in [0.717, 1.165) is 22.3 Å². The van der Waals surface area contributed by atoms with Crippen LogP contribution in [0.15, 0.2) is 35.2 Å². The molecular formula is C10H11BrN4. The van der Waals surface area contributed by atoms with Crippen molar-refractivity contribution >= 4 is 15.9 Å². The molecule has 2 rings (SSSR count). The quantitative estimate of drug-likeness (QED) is 0.917. The second kappa shape index (κ2) is 4.55. The summed E-state index contributed by atoms with van der Waals surface area (Å²) in [6.45, 7) is 1.21. The van der Waals surface area contributed by atoms with E-state index in [-0.39, 0.29) is 0 Å². The van der Waals surface area contributed by atoms with Crippen LogP contribution in [-0.4, -0.2) is 14.8 Å². The van der Waals surface area contributed by atoms with E-state index in [1.54, 1.807) is 12.4 Å². The lowest BCUT2D eigenvalue weighted by Gasteiger charge is -2.03. The van der Waals surface area contributed by atoms with E-state index >= 15 is 0 Å². The lowest BCUT2D eigenvalue weighted by molar-refractivity contribution is 0.684. The van der Waals surface area contributed by atoms with Crippen LogP contribution in [0.5, 0.6) is 0 Å². The minimum atomic E-state index is 0.469. The molecule has 0 aliphatic rings. The first-order valence-corrected chi connectivity index (χ1v) is 5.39. The molecular weight excluding hydrogens is 256 g/mol. The molecule has 2 aromatic heterocycles. The summed E-state index contributed by atoms with van der Waals surface area (Å²) in [5.41, 5.74) is 7.58. The molecule has 0 bridgehead atoms. The molecule has 0 saturated carbocycles. The van der Waals surface area contributed by atoms with Gasteiger partial charge in [0.05, 0.1) is 22.9 Å². The molecule has 78 valence electrons. The first-order valence-electron chi connectivity index (χ1n) is 4.60. The second-order valence-electron chi connectivity index (χ2n) is 3.22. The van der Waals surface area contributed by atoms with Crippen LogP contribution < -0.4 is 5.73 Å². The smallest absolute Gasteiger partial charge is 0.0661 e. The Morgan fingerprint density at radius 2 is 2.33 bits per heavy atom. The summed E-state index contributed by atoms with van der Waals surface area (Å²) in [6.07, 6.45) is 5.48. The van der Waals surface area contributed by atoms with Gasteiger partial charge < -0.3 is 5.73 Å². The molecule has 0 aliphatic heterocycles. The monoisotopic (exact) mass is 266 g/mol. The summed E-state index contributed by atoms with van der Waals surface area (Å²) >= 11 is 3.36. The maximum atomic E-state index is 5.52. The topological polar surface area (TPSA) is 56.7 Å². The minimum absolute atomic E-state index is 0.469. The molecule has 4 nitrogen and oxygen atoms in total. The Hall–Kier alpha value is -1.20. The summed E-state index contributed by atoms with van der Waals surface area (Å²) in [7, 11) is 0. The number of aromatic nitrogens is 3. The van der Waals surface area contributed by atoms with Crippen molar-refractivity contribution in [2.45, 2.75) is 13.1 Å². The molecule has 5 heteroatoms. The minimum Gasteiger partial charge on any atom is -0.325 e. The molecule has 0 unspecified atom stereocenters. The van der Waals surface area contributed by atoms with Crippen LogP contribution in [-0.2, 0) is 13.1 Å². The van der Waals surface area contributed by atoms with E-state index in [9.17, 15) is 0 Å². The SMILES string of the molecule is NCc1cc(Cn2cc(Br)cn2)ccn1. The van der Waals surface area contributed by atoms with Crippen LogP contribution in [0.25, 0.3) is 0 Å². The number of nitrogens with two attached hydrogens (primary N) is 1. The first kappa shape index (κ1) is 10.3. The number of hydrogen-bond acceptors (Lipinski definition) is 3. The molecule has 0 fully saturated rings. The van der Waals surface area contributed by atoms with Crippen molar-refractivity contribution in [2.24, 2.45) is 5.73 Å². The average molecular weight is 267 g/mol. The van der Waals surface area contributed by atoms with Gasteiger partial charge in [0.15, 0.2) is 0 Å². The van der Waals surface area contributed by atoms with Gasteiger partial charge in [-0.15, -0.1) is 0 Å². The maximum absolute atomic E-state index is 5.52. The van der Waals surface area contributed by atoms with Crippen molar-refractivity contribution in [3.05, 3.63) is 46.5 Å². The van der Waals surface area contributed by atoms with E-state index in [4.69, 9.17) is 5.73 Å². The van der Waals surface area contributed by atoms with Crippen LogP contribution in [0.2, 0.25) is 0 Å². The third kappa shape index (κ3) is 2.64. The highest BCUT2D eigenvalue weighted by molar-refractivity contribution is 9.10. The summed E-state index contributed by atoms with van der Waals surface area (Å²) < 4.78 is 2.84. The van der Waals surface area contributed by atoms with Crippen molar-refractivity contribution in [1.29, 1.82) is 0 Å². The van der Waals surface area contributed by atoms with Gasteiger partial charge in [-0.25, -0.2) is 0 Å². The Bertz CT molecular complexity index is 452. The predicted molar refractivity (Wildman–Crippen MR) is 61.2 cm³/mol. The van der Waals surface area contributed by atoms with Gasteiger partial charge in [-0.05, 0) is 33.6 Å². The number of halogens is 1. The van der Waals surface area contributed by atoms with Gasteiger partial charge in [0.25, 0.3) is 0 Å². The Labute approximate surface area is 96.3 Å². The molecule has 0 aromatic carbocycles. The maximum Gasteiger partial charge on any atom is 0.0661 e. The zero-order chi connectivity index (χ0) is 10.7. The predicted octanol–water partition coefficient (Wildman–Crippen LogP) is 1.55. The molecule has 0 radical (unpaired) electrons. The summed E-state index contributed by atoms with van der Waals surface area (Å²) in [4.78, 5) is 4.14. The number of pyridine rings is 1. The fraction of sp³-hybridized carbons (Fsp3) is 0.200. The lowest BCUT2D eigenvalue weighted by Crippen LogP contribution is -2.03. The Morgan fingerprint density at radius 3 is 3.00 bits per heavy atom. The van der Waals surface area contributed by atoms with Crippen LogP contribution in [0.3, 0.4) is 0 Å². The van der Waals surface area contributed by atoms with E-state index in [2.05, 4.69) is 26.0 Å². The Morgan fingerprint density at radius 1 is 1.47 bits per heavy atom. The van der Waals surface area contributed by atoms with Crippen LogP contribution in [0.1, 0.15) is 11.3 Å². The van der Waals surface area contributed by atoms with Crippen molar-refractivity contribution in [1.82, 2.24) is 14.8 Å². The Kier molecular flexibility index (Phi) is 3.13. The van der Waals surface area contributed by atoms with Crippen molar-refractivity contribution in [2.75, 3.05) is 0 Å². The molecule has 0 saturated heterocycles. The van der Waals surface area contributed by atoms with E-state index in [1.165, 1.54) is 0 Å². The van der Waals surface area contributed by atoms with Gasteiger partial charge in [-0.3, -0.25) is 9.67 Å². The van der Waals surface area contributed by atoms with Crippen LogP contribution >= 0.6 is 15.9 Å². The average Bonchev–Trinajstić information content (AvgIpc) is 2.64. The molecule has 2 heterocycles. The van der Waals surface area contributed by atoms with Gasteiger partial charge in [0.1, 0.15) is 0 Å². The highest BCUT2D eigenvalue weighted by Gasteiger charge is 1.99. The van der Waals surface area contributed by atoms with Gasteiger partial charge in [0.2, 0.25) is 0 Å². The fourth-order valence-corrected chi connectivity index (χ4v) is 1.68. The van der Waals surface area contributed by atoms with Gasteiger partial charge in [-0.2, -0.15) is 5.10 Å². The Balaban J connectivity index is 2.16. The van der Waals surface area contributed by atoms with E-state index in [0.29, 0.717) is 6.54 Å². The van der Waals surface area contributed by atoms with Gasteiger partial charge in [-0.1, -0.05) is 0 Å². The van der Waals surface area contributed by atoms with Gasteiger partial charge in [0, 0.05) is 18.9 Å². The van der Waals surface area contributed by atoms with Crippen molar-refractivity contribution < 1.29 is 0 Å². The second-order valence-corrected chi connectivity index (χ2v) is 4.13. The number of rotatable bonds is 3. The third-order valence-corrected chi connectivity index (χ3v) is 2.45. The summed E-state index contributed by atoms with van der Waals surface area (Å²) in [5, 5.41) is 4.18. The molecule has 2 N–H and O–H groups in total. The molecule has 0 atom stereocenters. The number of hydrogen-bond donors (Lipinski definition) is 1. The molecule has 0 aliphatic carbocycles. The molecule has 15 heavy (non-hydrogen) atoms. The van der Waals surface area contributed by atoms with Crippen molar-refractivity contribution in [3.63, 3.8) is 0 Å². The zero-order valence-electron chi connectivity index (χ0n) is 8.10. The van der Waals surface area contributed by atoms with E-state index < -0.39 is 0 Å². The van der Waals surface area contributed by atoms with Crippen molar-refractivity contribution in [3.8, 4) is 0 Å². The third-order valence-electron chi connectivity index (χ3n) is 2.04. The largest absolute Gasteiger partial charge is 0.325 e. The number of nitrogens with zero attached hydrogens (tertiary/aromatic N) is 3. The summed E-state index contributed by atoms with van der Waals surface area (Å²) in [6, 6.07) is 3.96. The molecule has 2 aromatic rings. The first-order chi connectivity index (χ1) is 7.28. The van der Waals surface area contributed by atoms with Crippen LogP contribution in [0, 0.1) is 0 Å².